The Morgan fingerprint density at radius 2 is 1.87 bits per heavy atom. The van der Waals surface area contributed by atoms with Crippen LogP contribution in [0.1, 0.15) is 24.0 Å². The van der Waals surface area contributed by atoms with Crippen molar-refractivity contribution in [2.24, 2.45) is 0 Å². The third kappa shape index (κ3) is 5.42. The van der Waals surface area contributed by atoms with Crippen molar-refractivity contribution in [3.8, 4) is 5.75 Å². The predicted octanol–water partition coefficient (Wildman–Crippen LogP) is 2.30. The lowest BCUT2D eigenvalue weighted by atomic mass is 10.2. The van der Waals surface area contributed by atoms with E-state index in [9.17, 15) is 14.4 Å². The monoisotopic (exact) mass is 422 g/mol. The second kappa shape index (κ2) is 9.80. The number of amides is 1. The maximum atomic E-state index is 12.6. The van der Waals surface area contributed by atoms with E-state index in [2.05, 4.69) is 4.98 Å². The number of anilines is 2. The van der Waals surface area contributed by atoms with Crippen LogP contribution in [0.2, 0.25) is 0 Å². The van der Waals surface area contributed by atoms with Gasteiger partial charge in [-0.2, -0.15) is 0 Å². The Kier molecular flexibility index (Phi) is 6.92. The van der Waals surface area contributed by atoms with E-state index in [1.54, 1.807) is 0 Å². The fourth-order valence-electron chi connectivity index (χ4n) is 3.24. The number of nitrogens with two attached hydrogens (primary N) is 1. The summed E-state index contributed by atoms with van der Waals surface area (Å²) < 4.78 is 6.91. The maximum absolute atomic E-state index is 12.6. The van der Waals surface area contributed by atoms with Crippen LogP contribution in [0.4, 0.5) is 11.5 Å². The highest BCUT2D eigenvalue weighted by molar-refractivity contribution is 5.94. The van der Waals surface area contributed by atoms with Crippen molar-refractivity contribution >= 4 is 17.4 Å². The zero-order chi connectivity index (χ0) is 22.4. The first-order valence-electron chi connectivity index (χ1n) is 9.99. The van der Waals surface area contributed by atoms with E-state index in [0.29, 0.717) is 13.0 Å². The normalized spacial score (nSPS) is 10.6. The van der Waals surface area contributed by atoms with Crippen LogP contribution in [0.15, 0.2) is 64.2 Å². The van der Waals surface area contributed by atoms with Crippen LogP contribution in [-0.2, 0) is 11.3 Å². The number of hydrogen-bond donors (Lipinski definition) is 2. The Morgan fingerprint density at radius 3 is 2.58 bits per heavy atom. The number of carbonyl (C=O) groups excluding carboxylic acids is 1. The molecule has 162 valence electrons. The second-order valence-electron chi connectivity index (χ2n) is 7.29. The summed E-state index contributed by atoms with van der Waals surface area (Å²) in [6.07, 6.45) is 0.636. The highest BCUT2D eigenvalue weighted by atomic mass is 16.5. The van der Waals surface area contributed by atoms with Crippen LogP contribution in [0.5, 0.6) is 5.75 Å². The number of H-pyrrole nitrogens is 1. The van der Waals surface area contributed by atoms with Crippen molar-refractivity contribution in [3.05, 3.63) is 86.6 Å². The van der Waals surface area contributed by atoms with Gasteiger partial charge in [-0.3, -0.25) is 19.1 Å². The van der Waals surface area contributed by atoms with Crippen molar-refractivity contribution in [1.82, 2.24) is 9.55 Å². The molecule has 0 fully saturated rings. The van der Waals surface area contributed by atoms with Gasteiger partial charge in [0.2, 0.25) is 5.91 Å². The van der Waals surface area contributed by atoms with Crippen LogP contribution in [0, 0.1) is 6.92 Å². The van der Waals surface area contributed by atoms with E-state index >= 15 is 0 Å². The lowest BCUT2D eigenvalue weighted by molar-refractivity contribution is -0.118. The van der Waals surface area contributed by atoms with E-state index in [1.807, 2.05) is 61.5 Å². The summed E-state index contributed by atoms with van der Waals surface area (Å²) in [5, 5.41) is 0. The molecule has 0 spiro atoms. The zero-order valence-electron chi connectivity index (χ0n) is 17.6. The van der Waals surface area contributed by atoms with Gasteiger partial charge >= 0.3 is 5.69 Å². The van der Waals surface area contributed by atoms with Gasteiger partial charge in [-0.25, -0.2) is 4.79 Å². The summed E-state index contributed by atoms with van der Waals surface area (Å²) in [4.78, 5) is 40.8. The van der Waals surface area contributed by atoms with Gasteiger partial charge in [0, 0.05) is 13.5 Å². The summed E-state index contributed by atoms with van der Waals surface area (Å²) in [6.45, 7) is 2.52. The number of hydrogen-bond acceptors (Lipinski definition) is 5. The van der Waals surface area contributed by atoms with E-state index in [0.717, 1.165) is 16.9 Å². The average molecular weight is 422 g/mol. The Morgan fingerprint density at radius 1 is 1.13 bits per heavy atom. The number of nitrogens with zero attached hydrogens (tertiary/aromatic N) is 2. The zero-order valence-corrected chi connectivity index (χ0v) is 17.6. The minimum atomic E-state index is -0.696. The Bertz CT molecular complexity index is 1170. The van der Waals surface area contributed by atoms with Crippen LogP contribution in [-0.4, -0.2) is 29.1 Å². The summed E-state index contributed by atoms with van der Waals surface area (Å²) in [5.74, 6) is 0.397. The first-order valence-corrected chi connectivity index (χ1v) is 9.99. The summed E-state index contributed by atoms with van der Waals surface area (Å²) >= 11 is 0. The number of rotatable bonds is 8. The molecule has 1 heterocycles. The Hall–Kier alpha value is -3.81. The SMILES string of the molecule is Cc1cccc(OCCCC(=O)N(C)c2c(N)n(Cc3ccccc3)c(=O)[nH]c2=O)c1. The van der Waals surface area contributed by atoms with Crippen molar-refractivity contribution in [2.75, 3.05) is 24.3 Å². The first kappa shape index (κ1) is 21.9. The third-order valence-corrected chi connectivity index (χ3v) is 4.90. The van der Waals surface area contributed by atoms with Crippen molar-refractivity contribution in [2.45, 2.75) is 26.3 Å². The standard InChI is InChI=1S/C23H26N4O4/c1-16-8-6-11-18(14-16)31-13-7-12-19(28)26(2)20-21(24)27(23(30)25-22(20)29)15-17-9-4-3-5-10-17/h3-6,8-11,14H,7,12-13,15,24H2,1-2H3,(H,25,29,30). The lowest BCUT2D eigenvalue weighted by Gasteiger charge is -2.20. The largest absolute Gasteiger partial charge is 0.494 e. The third-order valence-electron chi connectivity index (χ3n) is 4.90. The van der Waals surface area contributed by atoms with Gasteiger partial charge in [0.25, 0.3) is 5.56 Å². The molecule has 1 amide bonds. The van der Waals surface area contributed by atoms with Gasteiger partial charge in [0.1, 0.15) is 11.6 Å². The highest BCUT2D eigenvalue weighted by Gasteiger charge is 2.20. The number of aromatic amines is 1. The van der Waals surface area contributed by atoms with E-state index in [-0.39, 0.29) is 30.4 Å². The fourth-order valence-corrected chi connectivity index (χ4v) is 3.24. The Balaban J connectivity index is 1.69. The molecule has 3 N–H and O–H groups in total. The molecular weight excluding hydrogens is 396 g/mol. The van der Waals surface area contributed by atoms with E-state index in [4.69, 9.17) is 10.5 Å². The Labute approximate surface area is 179 Å². The van der Waals surface area contributed by atoms with Crippen LogP contribution in [0.25, 0.3) is 0 Å². The van der Waals surface area contributed by atoms with Crippen LogP contribution < -0.4 is 26.6 Å². The van der Waals surface area contributed by atoms with Crippen molar-refractivity contribution in [1.29, 1.82) is 0 Å². The summed E-state index contributed by atoms with van der Waals surface area (Å²) in [7, 11) is 1.47. The minimum absolute atomic E-state index is 0.0415. The molecule has 0 saturated carbocycles. The van der Waals surface area contributed by atoms with Gasteiger partial charge in [-0.15, -0.1) is 0 Å². The van der Waals surface area contributed by atoms with E-state index in [1.165, 1.54) is 16.5 Å². The molecular formula is C23H26N4O4. The van der Waals surface area contributed by atoms with Crippen LogP contribution in [0.3, 0.4) is 0 Å². The molecule has 0 atom stereocenters. The molecule has 3 rings (SSSR count). The van der Waals surface area contributed by atoms with E-state index < -0.39 is 11.2 Å². The molecule has 0 bridgehead atoms. The second-order valence-corrected chi connectivity index (χ2v) is 7.29. The molecule has 2 aromatic carbocycles. The molecule has 0 aliphatic carbocycles. The molecule has 3 aromatic rings. The first-order chi connectivity index (χ1) is 14.9. The number of nitrogen functional groups attached to an aromatic ring is 1. The molecule has 8 heteroatoms. The minimum Gasteiger partial charge on any atom is -0.494 e. The number of carbonyl (C=O) groups is 1. The number of nitrogens with one attached hydrogen (secondary N) is 1. The lowest BCUT2D eigenvalue weighted by Crippen LogP contribution is -2.39. The number of ether oxygens (including phenoxy) is 1. The number of aromatic nitrogens is 2. The van der Waals surface area contributed by atoms with Gasteiger partial charge in [-0.05, 0) is 36.6 Å². The highest BCUT2D eigenvalue weighted by Crippen LogP contribution is 2.18. The average Bonchev–Trinajstić information content (AvgIpc) is 2.74. The molecule has 0 aliphatic rings. The number of aryl methyl sites for hydroxylation is 1. The molecule has 0 radical (unpaired) electrons. The predicted molar refractivity (Wildman–Crippen MR) is 121 cm³/mol. The molecule has 0 unspecified atom stereocenters. The van der Waals surface area contributed by atoms with Gasteiger partial charge in [-0.1, -0.05) is 42.5 Å². The smallest absolute Gasteiger partial charge is 0.330 e. The molecule has 1 aromatic heterocycles. The summed E-state index contributed by atoms with van der Waals surface area (Å²) in [6, 6.07) is 16.9. The van der Waals surface area contributed by atoms with Gasteiger partial charge in [0.05, 0.1) is 13.2 Å². The maximum Gasteiger partial charge on any atom is 0.330 e. The van der Waals surface area contributed by atoms with Crippen molar-refractivity contribution in [3.63, 3.8) is 0 Å². The topological polar surface area (TPSA) is 110 Å². The fraction of sp³-hybridized carbons (Fsp3) is 0.261. The van der Waals surface area contributed by atoms with Crippen molar-refractivity contribution < 1.29 is 9.53 Å². The van der Waals surface area contributed by atoms with Gasteiger partial charge in [0.15, 0.2) is 5.69 Å². The van der Waals surface area contributed by atoms with Crippen LogP contribution >= 0.6 is 0 Å². The molecule has 0 saturated heterocycles. The molecule has 0 aliphatic heterocycles. The number of benzene rings is 2. The molecule has 31 heavy (non-hydrogen) atoms. The molecule has 8 nitrogen and oxygen atoms in total. The quantitative estimate of drug-likeness (QED) is 0.541. The van der Waals surface area contributed by atoms with Gasteiger partial charge < -0.3 is 15.4 Å². The summed E-state index contributed by atoms with van der Waals surface area (Å²) in [5.41, 5.74) is 6.72.